The molecule has 0 aliphatic carbocycles. The van der Waals surface area contributed by atoms with E-state index in [0.717, 1.165) is 10.2 Å². The predicted octanol–water partition coefficient (Wildman–Crippen LogP) is 2.90. The summed E-state index contributed by atoms with van der Waals surface area (Å²) < 4.78 is 2.26. The molecule has 0 bridgehead atoms. The molecule has 3 aromatic rings. The van der Waals surface area contributed by atoms with Gasteiger partial charge >= 0.3 is 0 Å². The number of pyridine rings is 1. The molecule has 21 heavy (non-hydrogen) atoms. The van der Waals surface area contributed by atoms with Crippen LogP contribution >= 0.6 is 22.9 Å². The molecule has 106 valence electrons. The molecular formula is C14H10ClN3O2S. The van der Waals surface area contributed by atoms with Crippen LogP contribution in [-0.4, -0.2) is 15.5 Å². The van der Waals surface area contributed by atoms with Crippen LogP contribution in [0.5, 0.6) is 0 Å². The summed E-state index contributed by atoms with van der Waals surface area (Å²) in [6, 6.07) is 8.20. The highest BCUT2D eigenvalue weighted by molar-refractivity contribution is 7.22. The van der Waals surface area contributed by atoms with E-state index in [4.69, 9.17) is 11.6 Å². The van der Waals surface area contributed by atoms with Gasteiger partial charge < -0.3 is 4.57 Å². The van der Waals surface area contributed by atoms with Gasteiger partial charge in [0.15, 0.2) is 5.13 Å². The first-order valence-corrected chi connectivity index (χ1v) is 7.26. The molecule has 0 spiro atoms. The Morgan fingerprint density at radius 1 is 1.33 bits per heavy atom. The third-order valence-electron chi connectivity index (χ3n) is 2.92. The number of aromatic nitrogens is 2. The smallest absolute Gasteiger partial charge is 0.258 e. The lowest BCUT2D eigenvalue weighted by molar-refractivity contribution is 0.102. The summed E-state index contributed by atoms with van der Waals surface area (Å²) in [5.41, 5.74) is 1.01. The molecule has 0 saturated carbocycles. The zero-order valence-corrected chi connectivity index (χ0v) is 12.5. The summed E-state index contributed by atoms with van der Waals surface area (Å²) in [5, 5.41) is 3.84. The molecule has 0 atom stereocenters. The van der Waals surface area contributed by atoms with Crippen LogP contribution in [0.25, 0.3) is 10.2 Å². The second-order valence-corrected chi connectivity index (χ2v) is 5.92. The lowest BCUT2D eigenvalue weighted by atomic mass is 10.2. The van der Waals surface area contributed by atoms with Gasteiger partial charge in [-0.25, -0.2) is 4.98 Å². The first-order valence-electron chi connectivity index (χ1n) is 6.07. The molecule has 2 aromatic heterocycles. The Bertz CT molecular complexity index is 901. The van der Waals surface area contributed by atoms with E-state index in [1.165, 1.54) is 34.2 Å². The van der Waals surface area contributed by atoms with Crippen molar-refractivity contribution in [1.82, 2.24) is 9.55 Å². The summed E-state index contributed by atoms with van der Waals surface area (Å²) >= 11 is 7.27. The minimum atomic E-state index is -0.309. The van der Waals surface area contributed by atoms with Crippen molar-refractivity contribution in [2.45, 2.75) is 0 Å². The first-order chi connectivity index (χ1) is 10.0. The Morgan fingerprint density at radius 2 is 2.14 bits per heavy atom. The van der Waals surface area contributed by atoms with Gasteiger partial charge in [0.2, 0.25) is 5.56 Å². The van der Waals surface area contributed by atoms with E-state index in [9.17, 15) is 9.59 Å². The number of halogens is 1. The number of fused-ring (bicyclic) bond motifs is 1. The van der Waals surface area contributed by atoms with E-state index >= 15 is 0 Å². The molecule has 1 N–H and O–H groups in total. The molecule has 0 saturated heterocycles. The van der Waals surface area contributed by atoms with E-state index in [1.807, 2.05) is 0 Å². The summed E-state index contributed by atoms with van der Waals surface area (Å²) in [5.74, 6) is -0.309. The van der Waals surface area contributed by atoms with Crippen LogP contribution in [0.2, 0.25) is 5.02 Å². The van der Waals surface area contributed by atoms with Gasteiger partial charge in [0.25, 0.3) is 5.91 Å². The quantitative estimate of drug-likeness (QED) is 0.790. The average Bonchev–Trinajstić information content (AvgIpc) is 2.83. The number of hydrogen-bond acceptors (Lipinski definition) is 4. The van der Waals surface area contributed by atoms with Crippen molar-refractivity contribution in [2.75, 3.05) is 5.32 Å². The van der Waals surface area contributed by atoms with Crippen molar-refractivity contribution < 1.29 is 4.79 Å². The van der Waals surface area contributed by atoms with Crippen molar-refractivity contribution in [3.05, 3.63) is 57.5 Å². The van der Waals surface area contributed by atoms with Crippen LogP contribution in [0.1, 0.15) is 10.4 Å². The van der Waals surface area contributed by atoms with Crippen LogP contribution in [0.4, 0.5) is 5.13 Å². The van der Waals surface area contributed by atoms with Crippen LogP contribution in [0, 0.1) is 0 Å². The highest BCUT2D eigenvalue weighted by Crippen LogP contribution is 2.28. The summed E-state index contributed by atoms with van der Waals surface area (Å²) in [4.78, 5) is 27.8. The minimum Gasteiger partial charge on any atom is -0.318 e. The third kappa shape index (κ3) is 2.81. The van der Waals surface area contributed by atoms with Crippen LogP contribution in [0.15, 0.2) is 41.3 Å². The largest absolute Gasteiger partial charge is 0.318 e. The number of thiazole rings is 1. The average molecular weight is 320 g/mol. The van der Waals surface area contributed by atoms with Gasteiger partial charge in [0.05, 0.1) is 15.8 Å². The molecule has 2 heterocycles. The summed E-state index contributed by atoms with van der Waals surface area (Å²) in [6.07, 6.45) is 1.49. The fourth-order valence-electron chi connectivity index (χ4n) is 1.85. The SMILES string of the molecule is Cn1cc(C(=O)Nc2nc3ccc(Cl)cc3s2)ccc1=O. The maximum Gasteiger partial charge on any atom is 0.258 e. The normalized spacial score (nSPS) is 10.8. The van der Waals surface area contributed by atoms with E-state index in [-0.39, 0.29) is 11.5 Å². The molecule has 0 fully saturated rings. The van der Waals surface area contributed by atoms with Crippen molar-refractivity contribution in [2.24, 2.45) is 7.05 Å². The third-order valence-corrected chi connectivity index (χ3v) is 4.09. The van der Waals surface area contributed by atoms with Crippen molar-refractivity contribution in [3.63, 3.8) is 0 Å². The molecule has 5 nitrogen and oxygen atoms in total. The topological polar surface area (TPSA) is 64.0 Å². The lowest BCUT2D eigenvalue weighted by Gasteiger charge is -2.03. The Balaban J connectivity index is 1.88. The molecule has 3 rings (SSSR count). The van der Waals surface area contributed by atoms with E-state index in [0.29, 0.717) is 15.7 Å². The van der Waals surface area contributed by atoms with Gasteiger partial charge in [-0.3, -0.25) is 14.9 Å². The fraction of sp³-hybridized carbons (Fsp3) is 0.0714. The number of anilines is 1. The maximum atomic E-state index is 12.1. The number of hydrogen-bond donors (Lipinski definition) is 1. The zero-order valence-electron chi connectivity index (χ0n) is 11.0. The number of nitrogens with one attached hydrogen (secondary N) is 1. The van der Waals surface area contributed by atoms with E-state index in [1.54, 1.807) is 25.2 Å². The van der Waals surface area contributed by atoms with Gasteiger partial charge in [0, 0.05) is 24.3 Å². The predicted molar refractivity (Wildman–Crippen MR) is 84.3 cm³/mol. The standard InChI is InChI=1S/C14H10ClN3O2S/c1-18-7-8(2-5-12(18)19)13(20)17-14-16-10-4-3-9(15)6-11(10)21-14/h2-7H,1H3,(H,16,17,20). The number of benzene rings is 1. The molecule has 0 unspecified atom stereocenters. The van der Waals surface area contributed by atoms with Crippen LogP contribution in [0.3, 0.4) is 0 Å². The van der Waals surface area contributed by atoms with Crippen LogP contribution < -0.4 is 10.9 Å². The summed E-state index contributed by atoms with van der Waals surface area (Å²) in [6.45, 7) is 0. The molecule has 0 aliphatic rings. The number of aryl methyl sites for hydroxylation is 1. The Labute approximate surface area is 128 Å². The van der Waals surface area contributed by atoms with Crippen LogP contribution in [-0.2, 0) is 7.05 Å². The second-order valence-electron chi connectivity index (χ2n) is 4.45. The molecule has 1 amide bonds. The number of carbonyl (C=O) groups is 1. The van der Waals surface area contributed by atoms with Crippen molar-refractivity contribution in [1.29, 1.82) is 0 Å². The molecule has 0 radical (unpaired) electrons. The lowest BCUT2D eigenvalue weighted by Crippen LogP contribution is -2.19. The number of amides is 1. The molecular weight excluding hydrogens is 310 g/mol. The number of nitrogens with zero attached hydrogens (tertiary/aromatic N) is 2. The highest BCUT2D eigenvalue weighted by atomic mass is 35.5. The van der Waals surface area contributed by atoms with Gasteiger partial charge in [-0.1, -0.05) is 22.9 Å². The summed E-state index contributed by atoms with van der Waals surface area (Å²) in [7, 11) is 1.60. The van der Waals surface area contributed by atoms with Gasteiger partial charge in [-0.05, 0) is 24.3 Å². The van der Waals surface area contributed by atoms with E-state index in [2.05, 4.69) is 10.3 Å². The van der Waals surface area contributed by atoms with Gasteiger partial charge in [-0.15, -0.1) is 0 Å². The molecule has 7 heteroatoms. The molecule has 0 aliphatic heterocycles. The number of rotatable bonds is 2. The maximum absolute atomic E-state index is 12.1. The fourth-order valence-corrected chi connectivity index (χ4v) is 2.99. The number of carbonyl (C=O) groups excluding carboxylic acids is 1. The Morgan fingerprint density at radius 3 is 2.90 bits per heavy atom. The molecule has 1 aromatic carbocycles. The highest BCUT2D eigenvalue weighted by Gasteiger charge is 2.10. The minimum absolute atomic E-state index is 0.166. The Hall–Kier alpha value is -2.18. The van der Waals surface area contributed by atoms with Crippen molar-refractivity contribution in [3.8, 4) is 0 Å². The first kappa shape index (κ1) is 13.8. The van der Waals surface area contributed by atoms with E-state index < -0.39 is 0 Å². The zero-order chi connectivity index (χ0) is 15.0. The monoisotopic (exact) mass is 319 g/mol. The van der Waals surface area contributed by atoms with Gasteiger partial charge in [-0.2, -0.15) is 0 Å². The Kier molecular flexibility index (Phi) is 3.48. The van der Waals surface area contributed by atoms with Gasteiger partial charge in [0.1, 0.15) is 0 Å². The van der Waals surface area contributed by atoms with Crippen molar-refractivity contribution >= 4 is 44.2 Å². The second kappa shape index (κ2) is 5.31.